The van der Waals surface area contributed by atoms with Crippen molar-refractivity contribution in [3.63, 3.8) is 0 Å². The average molecular weight is 522 g/mol. The Kier molecular flexibility index (Phi) is 3.93. The van der Waals surface area contributed by atoms with E-state index < -0.39 is 0 Å². The summed E-state index contributed by atoms with van der Waals surface area (Å²) in [5.74, 6) is 0. The topological polar surface area (TPSA) is 14.3 Å². The van der Waals surface area contributed by atoms with Crippen LogP contribution in [0.15, 0.2) is 140 Å². The SMILES string of the molecule is c1ccc(-n2c3ccccc3c3cc4c(cc32)c2c3c(cc5ccn4c52)c2ccccc2n3-c2ccccc2)cc1. The summed E-state index contributed by atoms with van der Waals surface area (Å²) in [5.41, 5.74) is 9.86. The highest BCUT2D eigenvalue weighted by atomic mass is 15.0. The van der Waals surface area contributed by atoms with Gasteiger partial charge < -0.3 is 13.5 Å². The predicted octanol–water partition coefficient (Wildman–Crippen LogP) is 9.88. The summed E-state index contributed by atoms with van der Waals surface area (Å²) in [6, 6.07) is 48.6. The second kappa shape index (κ2) is 7.56. The van der Waals surface area contributed by atoms with E-state index in [0.717, 1.165) is 0 Å². The minimum Gasteiger partial charge on any atom is -0.315 e. The van der Waals surface area contributed by atoms with E-state index in [-0.39, 0.29) is 0 Å². The third-order valence-electron chi connectivity index (χ3n) is 8.95. The highest BCUT2D eigenvalue weighted by Crippen LogP contribution is 2.45. The molecular formula is C38H23N3. The molecule has 10 aromatic rings. The van der Waals surface area contributed by atoms with Gasteiger partial charge in [0.05, 0.1) is 33.1 Å². The lowest BCUT2D eigenvalue weighted by molar-refractivity contribution is 1.18. The van der Waals surface area contributed by atoms with Gasteiger partial charge in [0.25, 0.3) is 0 Å². The van der Waals surface area contributed by atoms with Crippen LogP contribution in [0.25, 0.3) is 82.2 Å². The van der Waals surface area contributed by atoms with Crippen molar-refractivity contribution in [3.05, 3.63) is 140 Å². The molecule has 0 saturated heterocycles. The summed E-state index contributed by atoms with van der Waals surface area (Å²) in [6.07, 6.45) is 2.25. The molecule has 0 radical (unpaired) electrons. The quantitative estimate of drug-likeness (QED) is 0.215. The molecule has 10 rings (SSSR count). The lowest BCUT2D eigenvalue weighted by atomic mass is 10.0. The smallest absolute Gasteiger partial charge is 0.0641 e. The van der Waals surface area contributed by atoms with Crippen LogP contribution in [-0.4, -0.2) is 13.5 Å². The molecule has 41 heavy (non-hydrogen) atoms. The van der Waals surface area contributed by atoms with Crippen LogP contribution < -0.4 is 0 Å². The van der Waals surface area contributed by atoms with E-state index in [2.05, 4.69) is 153 Å². The number of rotatable bonds is 2. The monoisotopic (exact) mass is 521 g/mol. The highest BCUT2D eigenvalue weighted by Gasteiger charge is 2.23. The number of benzene rings is 6. The van der Waals surface area contributed by atoms with E-state index in [1.807, 2.05) is 0 Å². The van der Waals surface area contributed by atoms with Crippen LogP contribution in [0.3, 0.4) is 0 Å². The van der Waals surface area contributed by atoms with Gasteiger partial charge in [0.2, 0.25) is 0 Å². The maximum atomic E-state index is 2.46. The van der Waals surface area contributed by atoms with Crippen LogP contribution in [0.1, 0.15) is 0 Å². The van der Waals surface area contributed by atoms with Crippen LogP contribution in [-0.2, 0) is 0 Å². The van der Waals surface area contributed by atoms with Crippen LogP contribution in [0.5, 0.6) is 0 Å². The molecule has 0 atom stereocenters. The second-order valence-electron chi connectivity index (χ2n) is 11.0. The van der Waals surface area contributed by atoms with Crippen LogP contribution in [0.4, 0.5) is 0 Å². The highest BCUT2D eigenvalue weighted by molar-refractivity contribution is 6.31. The summed E-state index contributed by atoms with van der Waals surface area (Å²) in [4.78, 5) is 0. The third-order valence-corrected chi connectivity index (χ3v) is 8.95. The molecule has 0 aliphatic rings. The van der Waals surface area contributed by atoms with Crippen molar-refractivity contribution < 1.29 is 0 Å². The number of fused-ring (bicyclic) bond motifs is 10. The minimum atomic E-state index is 1.18. The van der Waals surface area contributed by atoms with Crippen molar-refractivity contribution >= 4 is 70.8 Å². The molecule has 190 valence electrons. The molecule has 0 aliphatic carbocycles. The van der Waals surface area contributed by atoms with Crippen molar-refractivity contribution in [1.29, 1.82) is 0 Å². The first kappa shape index (κ1) is 21.3. The first-order valence-electron chi connectivity index (χ1n) is 14.1. The number of hydrogen-bond donors (Lipinski definition) is 0. The molecule has 3 nitrogen and oxygen atoms in total. The lowest BCUT2D eigenvalue weighted by Gasteiger charge is -2.09. The first-order valence-corrected chi connectivity index (χ1v) is 14.1. The fourth-order valence-electron chi connectivity index (χ4n) is 7.31. The van der Waals surface area contributed by atoms with Gasteiger partial charge >= 0.3 is 0 Å². The number of nitrogens with zero attached hydrogens (tertiary/aromatic N) is 3. The molecule has 0 unspecified atom stereocenters. The first-order chi connectivity index (χ1) is 20.4. The molecule has 0 amide bonds. The fourth-order valence-corrected chi connectivity index (χ4v) is 7.31. The maximum Gasteiger partial charge on any atom is 0.0641 e. The summed E-state index contributed by atoms with van der Waals surface area (Å²) in [6.45, 7) is 0. The average Bonchev–Trinajstić information content (AvgIpc) is 3.77. The van der Waals surface area contributed by atoms with Crippen LogP contribution >= 0.6 is 0 Å². The standard InChI is InChI=1S/C38H23N3/c1-3-11-25(12-4-1)40-32-17-9-7-15-27(32)29-22-34-31(23-35(29)40)36-37-24(19-20-39(34)37)21-30-28-16-8-10-18-33(28)41(38(30)36)26-13-5-2-6-14-26/h1-23H. The lowest BCUT2D eigenvalue weighted by Crippen LogP contribution is -1.94. The third kappa shape index (κ3) is 2.63. The molecule has 0 spiro atoms. The van der Waals surface area contributed by atoms with E-state index >= 15 is 0 Å². The van der Waals surface area contributed by atoms with Crippen LogP contribution in [0, 0.1) is 0 Å². The van der Waals surface area contributed by atoms with E-state index in [1.165, 1.54) is 82.2 Å². The summed E-state index contributed by atoms with van der Waals surface area (Å²) in [7, 11) is 0. The molecule has 0 N–H and O–H groups in total. The van der Waals surface area contributed by atoms with Gasteiger partial charge in [0.1, 0.15) is 0 Å². The summed E-state index contributed by atoms with van der Waals surface area (Å²) < 4.78 is 7.28. The van der Waals surface area contributed by atoms with Crippen molar-refractivity contribution in [2.24, 2.45) is 0 Å². The molecule has 4 heterocycles. The maximum absolute atomic E-state index is 2.46. The van der Waals surface area contributed by atoms with E-state index in [0.29, 0.717) is 0 Å². The number of aromatic nitrogens is 3. The summed E-state index contributed by atoms with van der Waals surface area (Å²) in [5, 5.41) is 8.99. The van der Waals surface area contributed by atoms with Gasteiger partial charge in [-0.2, -0.15) is 0 Å². The van der Waals surface area contributed by atoms with Crippen molar-refractivity contribution in [2.75, 3.05) is 0 Å². The number of hydrogen-bond acceptors (Lipinski definition) is 0. The van der Waals surface area contributed by atoms with Crippen molar-refractivity contribution in [2.45, 2.75) is 0 Å². The van der Waals surface area contributed by atoms with Gasteiger partial charge in [0.15, 0.2) is 0 Å². The Morgan fingerprint density at radius 2 is 0.951 bits per heavy atom. The zero-order valence-electron chi connectivity index (χ0n) is 22.1. The Balaban J connectivity index is 1.48. The molecule has 0 aliphatic heterocycles. The molecular weight excluding hydrogens is 498 g/mol. The van der Waals surface area contributed by atoms with E-state index in [4.69, 9.17) is 0 Å². The predicted molar refractivity (Wildman–Crippen MR) is 172 cm³/mol. The molecule has 4 aromatic heterocycles. The van der Waals surface area contributed by atoms with Crippen molar-refractivity contribution in [1.82, 2.24) is 13.5 Å². The normalized spacial score (nSPS) is 12.4. The van der Waals surface area contributed by atoms with Gasteiger partial charge in [-0.1, -0.05) is 72.8 Å². The Bertz CT molecular complexity index is 2610. The van der Waals surface area contributed by atoms with Gasteiger partial charge in [-0.15, -0.1) is 0 Å². The molecule has 6 aromatic carbocycles. The van der Waals surface area contributed by atoms with Gasteiger partial charge in [-0.3, -0.25) is 0 Å². The Morgan fingerprint density at radius 1 is 0.366 bits per heavy atom. The van der Waals surface area contributed by atoms with Gasteiger partial charge in [-0.05, 0) is 60.7 Å². The number of para-hydroxylation sites is 4. The van der Waals surface area contributed by atoms with E-state index in [1.54, 1.807) is 0 Å². The summed E-state index contributed by atoms with van der Waals surface area (Å²) >= 11 is 0. The molecule has 3 heteroatoms. The molecule has 0 saturated carbocycles. The minimum absolute atomic E-state index is 1.18. The molecule has 0 bridgehead atoms. The fraction of sp³-hybridized carbons (Fsp3) is 0. The Morgan fingerprint density at radius 3 is 1.68 bits per heavy atom. The zero-order chi connectivity index (χ0) is 26.7. The molecule has 0 fully saturated rings. The zero-order valence-corrected chi connectivity index (χ0v) is 22.1. The van der Waals surface area contributed by atoms with Gasteiger partial charge in [0, 0.05) is 55.3 Å². The van der Waals surface area contributed by atoms with Crippen LogP contribution in [0.2, 0.25) is 0 Å². The van der Waals surface area contributed by atoms with E-state index in [9.17, 15) is 0 Å². The Hall–Kier alpha value is -5.54. The van der Waals surface area contributed by atoms with Gasteiger partial charge in [-0.25, -0.2) is 0 Å². The van der Waals surface area contributed by atoms with Crippen molar-refractivity contribution in [3.8, 4) is 11.4 Å². The largest absolute Gasteiger partial charge is 0.315 e. The Labute approximate surface area is 235 Å². The second-order valence-corrected chi connectivity index (χ2v) is 11.0.